The first-order chi connectivity index (χ1) is 0. The molecule has 5 heavy (non-hydrogen) atoms. The molecule has 0 radical (unpaired) electrons. The third-order valence-electron chi connectivity index (χ3n) is 0. The Hall–Kier alpha value is 4.45. The van der Waals surface area contributed by atoms with Crippen molar-refractivity contribution in [3.05, 3.63) is 0 Å². The molecule has 0 aliphatic rings. The molecule has 0 aromatic heterocycles. The second-order valence-electron chi connectivity index (χ2n) is 0. The first-order valence-corrected chi connectivity index (χ1v) is 0. The van der Waals surface area contributed by atoms with Crippen LogP contribution in [0.2, 0.25) is 0 Å². The minimum atomic E-state index is 0. The Morgan fingerprint density at radius 2 is 1.20 bits per heavy atom. The molecule has 0 aliphatic heterocycles. The van der Waals surface area contributed by atoms with Crippen LogP contribution in [0.1, 0.15) is 4.28 Å². The van der Waals surface area contributed by atoms with Crippen molar-refractivity contribution >= 4 is 55.1 Å². The fourth-order valence-electron chi connectivity index (χ4n) is 0. The van der Waals surface area contributed by atoms with Crippen LogP contribution in [0, 0.1) is 0 Å². The Morgan fingerprint density at radius 3 is 1.20 bits per heavy atom. The van der Waals surface area contributed by atoms with Crippen molar-refractivity contribution in [3.8, 4) is 0 Å². The Bertz CT molecular complexity index is 19.2. The summed E-state index contributed by atoms with van der Waals surface area (Å²) in [6, 6.07) is 0. The Kier molecular flexibility index (Phi) is 161. The van der Waals surface area contributed by atoms with Crippen LogP contribution in [-0.4, -0.2) is 55.1 Å². The van der Waals surface area contributed by atoms with Crippen LogP contribution in [0.15, 0.2) is 0 Å². The van der Waals surface area contributed by atoms with E-state index < -0.39 is 0 Å². The Morgan fingerprint density at radius 1 is 1.20 bits per heavy atom. The van der Waals surface area contributed by atoms with E-state index in [1.165, 1.54) is 0 Å². The molecule has 0 aliphatic carbocycles. The molecule has 0 N–H and O–H groups in total. The van der Waals surface area contributed by atoms with E-state index in [1.807, 2.05) is 0 Å². The fourth-order valence-corrected chi connectivity index (χ4v) is 0. The maximum atomic E-state index is 0. The first kappa shape index (κ1) is 34.1. The molecule has 0 amide bonds. The van der Waals surface area contributed by atoms with E-state index in [-0.39, 0.29) is 145 Å². The van der Waals surface area contributed by atoms with E-state index in [1.54, 1.807) is 0 Å². The summed E-state index contributed by atoms with van der Waals surface area (Å²) in [5.74, 6) is 0. The van der Waals surface area contributed by atoms with Gasteiger partial charge < -0.3 is 4.28 Å². The van der Waals surface area contributed by atoms with Crippen molar-refractivity contribution in [2.75, 3.05) is 0 Å². The summed E-state index contributed by atoms with van der Waals surface area (Å²) >= 11 is 0. The van der Waals surface area contributed by atoms with Crippen molar-refractivity contribution in [2.24, 2.45) is 0 Å². The van der Waals surface area contributed by atoms with Crippen LogP contribution < -0.4 is 51.4 Å². The van der Waals surface area contributed by atoms with Gasteiger partial charge in [-0.25, -0.2) is 0 Å². The first-order valence-electron chi connectivity index (χ1n) is 0. The molecule has 0 saturated carbocycles. The molecule has 28 valence electrons. The van der Waals surface area contributed by atoms with E-state index >= 15 is 0 Å². The van der Waals surface area contributed by atoms with Crippen LogP contribution >= 0.6 is 0 Å². The minimum Gasteiger partial charge on any atom is -1.00 e. The van der Waals surface area contributed by atoms with E-state index in [9.17, 15) is 0 Å². The number of hydrogen-bond donors (Lipinski definition) is 0. The van der Waals surface area contributed by atoms with Gasteiger partial charge in [0.1, 0.15) is 0 Å². The largest absolute Gasteiger partial charge is 2.00 e. The molecule has 5 heteroatoms. The third kappa shape index (κ3) is 17.8. The molecule has 0 unspecified atom stereocenters. The van der Waals surface area contributed by atoms with Crippen LogP contribution in [-0.2, 0) is 33.9 Å². The summed E-state index contributed by atoms with van der Waals surface area (Å²) in [6.07, 6.45) is 0. The third-order valence-corrected chi connectivity index (χ3v) is 0. The van der Waals surface area contributed by atoms with E-state index in [2.05, 4.69) is 0 Å². The monoisotopic (exact) mass is 222 g/mol. The SMILES string of the molecule is [AlH3].[Ca+2].[Cr].[H-].[H-].[H-].[K+].[Ni]. The van der Waals surface area contributed by atoms with Gasteiger partial charge in [-0.1, -0.05) is 0 Å². The average Bonchev–Trinajstić information content (AvgIpc) is 0. The minimum absolute atomic E-state index is 0. The second kappa shape index (κ2) is 23.7. The van der Waals surface area contributed by atoms with Gasteiger partial charge in [-0.2, -0.15) is 0 Å². The van der Waals surface area contributed by atoms with Gasteiger partial charge in [-0.3, -0.25) is 0 Å². The predicted molar refractivity (Wildman–Crippen MR) is 19.0 cm³/mol. The van der Waals surface area contributed by atoms with E-state index in [0.29, 0.717) is 0 Å². The Balaban J connectivity index is 0. The molecule has 0 saturated heterocycles. The summed E-state index contributed by atoms with van der Waals surface area (Å²) in [7, 11) is 0. The summed E-state index contributed by atoms with van der Waals surface area (Å²) in [4.78, 5) is 0. The van der Waals surface area contributed by atoms with Gasteiger partial charge in [-0.05, 0) is 0 Å². The Labute approximate surface area is 141 Å². The van der Waals surface area contributed by atoms with Gasteiger partial charge in [0.05, 0.1) is 0 Å². The second-order valence-corrected chi connectivity index (χ2v) is 0. The molecule has 0 nitrogen and oxygen atoms in total. The summed E-state index contributed by atoms with van der Waals surface area (Å²) in [5.41, 5.74) is 0. The maximum absolute atomic E-state index is 0. The van der Waals surface area contributed by atoms with E-state index in [4.69, 9.17) is 0 Å². The van der Waals surface area contributed by atoms with Gasteiger partial charge in [0.25, 0.3) is 0 Å². The zero-order valence-corrected chi connectivity index (χ0v) is 10.0. The van der Waals surface area contributed by atoms with Gasteiger partial charge in [-0.15, -0.1) is 0 Å². The zero-order valence-electron chi connectivity index (χ0n) is 5.43. The van der Waals surface area contributed by atoms with Gasteiger partial charge in [0, 0.05) is 33.9 Å². The normalized spacial score (nSPS) is 0. The van der Waals surface area contributed by atoms with Crippen LogP contribution in [0.4, 0.5) is 0 Å². The van der Waals surface area contributed by atoms with Crippen molar-refractivity contribution in [3.63, 3.8) is 0 Å². The number of rotatable bonds is 0. The number of hydrogen-bond acceptors (Lipinski definition) is 0. The topological polar surface area (TPSA) is 0 Å². The fraction of sp³-hybridized carbons (Fsp3) is 0. The molecular weight excluding hydrogens is 217 g/mol. The summed E-state index contributed by atoms with van der Waals surface area (Å²) < 4.78 is 0. The van der Waals surface area contributed by atoms with Crippen molar-refractivity contribution in [2.45, 2.75) is 0 Å². The zero-order chi connectivity index (χ0) is 0. The van der Waals surface area contributed by atoms with Crippen molar-refractivity contribution in [1.82, 2.24) is 0 Å². The molecule has 0 aromatic rings. The quantitative estimate of drug-likeness (QED) is 0.365. The molecule has 0 bridgehead atoms. The molecular formula is H6AlCaCrKNi. The van der Waals surface area contributed by atoms with Crippen LogP contribution in [0.5, 0.6) is 0 Å². The van der Waals surface area contributed by atoms with Crippen molar-refractivity contribution in [1.29, 1.82) is 0 Å². The summed E-state index contributed by atoms with van der Waals surface area (Å²) in [5, 5.41) is 0. The van der Waals surface area contributed by atoms with E-state index in [0.717, 1.165) is 0 Å². The predicted octanol–water partition coefficient (Wildman–Crippen LogP) is -4.23. The molecule has 0 fully saturated rings. The maximum Gasteiger partial charge on any atom is 2.00 e. The van der Waals surface area contributed by atoms with Crippen LogP contribution in [0.3, 0.4) is 0 Å². The standard InChI is InChI=1S/Al.Ca.Cr.K.Ni.6H/q;+2;;+1;;;;;3*-1. The molecule has 0 atom stereocenters. The van der Waals surface area contributed by atoms with Crippen LogP contribution in [0.25, 0.3) is 0 Å². The molecule has 0 heterocycles. The van der Waals surface area contributed by atoms with Gasteiger partial charge >= 0.3 is 89.1 Å². The summed E-state index contributed by atoms with van der Waals surface area (Å²) in [6.45, 7) is 0. The molecule has 0 aromatic carbocycles. The average molecular weight is 223 g/mol. The van der Waals surface area contributed by atoms with Gasteiger partial charge in [0.15, 0.2) is 17.4 Å². The van der Waals surface area contributed by atoms with Crippen molar-refractivity contribution < 1.29 is 89.5 Å². The van der Waals surface area contributed by atoms with Gasteiger partial charge in [0.2, 0.25) is 0 Å². The molecule has 0 spiro atoms. The smallest absolute Gasteiger partial charge is 1.00 e. The molecule has 0 rings (SSSR count).